The predicted molar refractivity (Wildman–Crippen MR) is 84.0 cm³/mol. The van der Waals surface area contributed by atoms with Crippen LogP contribution in [0.25, 0.3) is 0 Å². The van der Waals surface area contributed by atoms with Crippen LogP contribution < -0.4 is 16.4 Å². The molecule has 1 rings (SSSR count). The average Bonchev–Trinajstić information content (AvgIpc) is 2.41. The maximum atomic E-state index is 12.9. The molecule has 0 aliphatic rings. The van der Waals surface area contributed by atoms with Gasteiger partial charge in [-0.3, -0.25) is 4.79 Å². The van der Waals surface area contributed by atoms with E-state index in [0.29, 0.717) is 5.56 Å². The Morgan fingerprint density at radius 3 is 2.17 bits per heavy atom. The molecule has 0 aliphatic heterocycles. The van der Waals surface area contributed by atoms with Crippen molar-refractivity contribution in [3.8, 4) is 0 Å². The van der Waals surface area contributed by atoms with Gasteiger partial charge in [0.15, 0.2) is 0 Å². The Kier molecular flexibility index (Phi) is 5.86. The minimum absolute atomic E-state index is 0.331. The monoisotopic (exact) mass is 345 g/mol. The average molecular weight is 345 g/mol. The standard InChI is InChI=1S/C16H22F3N3O2/c1-9(21-14(20)24)13(23)22-12(15(2,3)4)10-6-5-7-11(8-10)16(17,18)19/h5-9,12H,1-4H3,(H,22,23)(H3,20,21,24)/t9-,12+/m1/s1. The summed E-state index contributed by atoms with van der Waals surface area (Å²) in [5.74, 6) is -0.536. The van der Waals surface area contributed by atoms with Crippen molar-refractivity contribution in [1.82, 2.24) is 10.6 Å². The van der Waals surface area contributed by atoms with Gasteiger partial charge in [0.25, 0.3) is 0 Å². The number of alkyl halides is 3. The quantitative estimate of drug-likeness (QED) is 0.784. The van der Waals surface area contributed by atoms with Gasteiger partial charge >= 0.3 is 12.2 Å². The van der Waals surface area contributed by atoms with Crippen LogP contribution in [-0.2, 0) is 11.0 Å². The number of carbonyl (C=O) groups is 2. The molecule has 0 unspecified atom stereocenters. The second-order valence-corrected chi connectivity index (χ2v) is 6.66. The SMILES string of the molecule is C[C@@H](NC(N)=O)C(=O)N[C@@H](c1cccc(C(F)(F)F)c1)C(C)(C)C. The summed E-state index contributed by atoms with van der Waals surface area (Å²) >= 11 is 0. The molecule has 0 fully saturated rings. The van der Waals surface area contributed by atoms with Gasteiger partial charge in [0, 0.05) is 0 Å². The van der Waals surface area contributed by atoms with E-state index >= 15 is 0 Å². The summed E-state index contributed by atoms with van der Waals surface area (Å²) in [6.45, 7) is 6.82. The lowest BCUT2D eigenvalue weighted by molar-refractivity contribution is -0.137. The molecular formula is C16H22F3N3O2. The molecule has 1 aromatic rings. The highest BCUT2D eigenvalue weighted by Crippen LogP contribution is 2.36. The van der Waals surface area contributed by atoms with Gasteiger partial charge in [-0.1, -0.05) is 32.9 Å². The van der Waals surface area contributed by atoms with E-state index in [1.165, 1.54) is 19.1 Å². The topological polar surface area (TPSA) is 84.2 Å². The van der Waals surface area contributed by atoms with Crippen LogP contribution in [0.1, 0.15) is 44.9 Å². The van der Waals surface area contributed by atoms with Crippen molar-refractivity contribution in [3.05, 3.63) is 35.4 Å². The Balaban J connectivity index is 3.12. The Hall–Kier alpha value is -2.25. The summed E-state index contributed by atoms with van der Waals surface area (Å²) in [5, 5.41) is 4.91. The van der Waals surface area contributed by atoms with Crippen molar-refractivity contribution in [2.45, 2.75) is 46.0 Å². The molecule has 134 valence electrons. The van der Waals surface area contributed by atoms with Crippen molar-refractivity contribution in [1.29, 1.82) is 0 Å². The number of primary amides is 1. The lowest BCUT2D eigenvalue weighted by Crippen LogP contribution is -2.49. The number of amides is 3. The molecule has 4 N–H and O–H groups in total. The minimum atomic E-state index is -4.47. The van der Waals surface area contributed by atoms with E-state index < -0.39 is 41.2 Å². The number of halogens is 3. The van der Waals surface area contributed by atoms with Gasteiger partial charge in [-0.15, -0.1) is 0 Å². The van der Waals surface area contributed by atoms with Crippen LogP contribution >= 0.6 is 0 Å². The fourth-order valence-corrected chi connectivity index (χ4v) is 2.24. The van der Waals surface area contributed by atoms with Crippen molar-refractivity contribution in [3.63, 3.8) is 0 Å². The molecule has 0 saturated heterocycles. The van der Waals surface area contributed by atoms with Gasteiger partial charge in [-0.25, -0.2) is 4.79 Å². The van der Waals surface area contributed by atoms with Crippen LogP contribution in [0.15, 0.2) is 24.3 Å². The van der Waals surface area contributed by atoms with Gasteiger partial charge in [-0.05, 0) is 30.0 Å². The first-order valence-electron chi connectivity index (χ1n) is 7.36. The highest BCUT2D eigenvalue weighted by atomic mass is 19.4. The summed E-state index contributed by atoms with van der Waals surface area (Å²) in [4.78, 5) is 23.0. The number of carbonyl (C=O) groups excluding carboxylic acids is 2. The first-order valence-corrected chi connectivity index (χ1v) is 7.36. The number of urea groups is 1. The largest absolute Gasteiger partial charge is 0.416 e. The zero-order valence-corrected chi connectivity index (χ0v) is 14.0. The molecule has 5 nitrogen and oxygen atoms in total. The molecule has 24 heavy (non-hydrogen) atoms. The summed E-state index contributed by atoms with van der Waals surface area (Å²) in [6, 6.07) is 2.38. The first kappa shape index (κ1) is 19.8. The van der Waals surface area contributed by atoms with Gasteiger partial charge in [0.2, 0.25) is 5.91 Å². The molecule has 0 radical (unpaired) electrons. The van der Waals surface area contributed by atoms with E-state index in [0.717, 1.165) is 12.1 Å². The molecule has 0 saturated carbocycles. The fourth-order valence-electron chi connectivity index (χ4n) is 2.24. The van der Waals surface area contributed by atoms with E-state index in [1.54, 1.807) is 20.8 Å². The lowest BCUT2D eigenvalue weighted by atomic mass is 9.81. The van der Waals surface area contributed by atoms with Crippen molar-refractivity contribution in [2.75, 3.05) is 0 Å². The van der Waals surface area contributed by atoms with Gasteiger partial charge in [0.1, 0.15) is 6.04 Å². The Labute approximate surface area is 138 Å². The smallest absolute Gasteiger partial charge is 0.352 e. The molecule has 0 bridgehead atoms. The normalized spacial score (nSPS) is 14.6. The zero-order chi connectivity index (χ0) is 18.7. The third kappa shape index (κ3) is 5.43. The molecule has 0 spiro atoms. The Morgan fingerprint density at radius 2 is 1.71 bits per heavy atom. The third-order valence-electron chi connectivity index (χ3n) is 3.45. The molecular weight excluding hydrogens is 323 g/mol. The predicted octanol–water partition coefficient (Wildman–Crippen LogP) is 2.97. The van der Waals surface area contributed by atoms with E-state index in [2.05, 4.69) is 10.6 Å². The first-order chi connectivity index (χ1) is 10.8. The highest BCUT2D eigenvalue weighted by molar-refractivity contribution is 5.86. The number of benzene rings is 1. The Morgan fingerprint density at radius 1 is 1.12 bits per heavy atom. The highest BCUT2D eigenvalue weighted by Gasteiger charge is 2.34. The molecule has 0 aromatic heterocycles. The summed E-state index contributed by atoms with van der Waals surface area (Å²) in [7, 11) is 0. The van der Waals surface area contributed by atoms with Crippen LogP contribution in [0.5, 0.6) is 0 Å². The van der Waals surface area contributed by atoms with Gasteiger partial charge < -0.3 is 16.4 Å². The van der Waals surface area contributed by atoms with E-state index in [-0.39, 0.29) is 0 Å². The van der Waals surface area contributed by atoms with Crippen molar-refractivity contribution < 1.29 is 22.8 Å². The lowest BCUT2D eigenvalue weighted by Gasteiger charge is -2.33. The number of hydrogen-bond donors (Lipinski definition) is 3. The van der Waals surface area contributed by atoms with Crippen LogP contribution in [0.3, 0.4) is 0 Å². The van der Waals surface area contributed by atoms with Crippen LogP contribution in [-0.4, -0.2) is 18.0 Å². The number of hydrogen-bond acceptors (Lipinski definition) is 2. The van der Waals surface area contributed by atoms with Gasteiger partial charge in [0.05, 0.1) is 11.6 Å². The van der Waals surface area contributed by atoms with E-state index in [4.69, 9.17) is 5.73 Å². The van der Waals surface area contributed by atoms with Crippen LogP contribution in [0, 0.1) is 5.41 Å². The summed E-state index contributed by atoms with van der Waals surface area (Å²) < 4.78 is 38.7. The summed E-state index contributed by atoms with van der Waals surface area (Å²) in [6.07, 6.45) is -4.47. The molecule has 2 atom stereocenters. The fraction of sp³-hybridized carbons (Fsp3) is 0.500. The van der Waals surface area contributed by atoms with Crippen LogP contribution in [0.4, 0.5) is 18.0 Å². The molecule has 1 aromatic carbocycles. The van der Waals surface area contributed by atoms with Crippen molar-refractivity contribution in [2.24, 2.45) is 11.1 Å². The summed E-state index contributed by atoms with van der Waals surface area (Å²) in [5.41, 5.74) is 3.97. The molecule has 0 aliphatic carbocycles. The van der Waals surface area contributed by atoms with E-state index in [9.17, 15) is 22.8 Å². The number of nitrogens with one attached hydrogen (secondary N) is 2. The van der Waals surface area contributed by atoms with Crippen molar-refractivity contribution >= 4 is 11.9 Å². The Bertz CT molecular complexity index is 609. The molecule has 3 amide bonds. The number of rotatable bonds is 4. The molecule has 0 heterocycles. The zero-order valence-electron chi connectivity index (χ0n) is 14.0. The minimum Gasteiger partial charge on any atom is -0.352 e. The number of nitrogens with two attached hydrogens (primary N) is 1. The van der Waals surface area contributed by atoms with Gasteiger partial charge in [-0.2, -0.15) is 13.2 Å². The maximum absolute atomic E-state index is 12.9. The second kappa shape index (κ2) is 7.11. The maximum Gasteiger partial charge on any atom is 0.416 e. The second-order valence-electron chi connectivity index (χ2n) is 6.66. The van der Waals surface area contributed by atoms with Crippen LogP contribution in [0.2, 0.25) is 0 Å². The molecule has 8 heteroatoms. The van der Waals surface area contributed by atoms with E-state index in [1.807, 2.05) is 0 Å². The third-order valence-corrected chi connectivity index (χ3v) is 3.45.